The summed E-state index contributed by atoms with van der Waals surface area (Å²) in [5, 5.41) is 25.5. The first kappa shape index (κ1) is 22.6. The quantitative estimate of drug-likeness (QED) is 0.557. The Morgan fingerprint density at radius 1 is 0.667 bits per heavy atom. The molecule has 0 aromatic heterocycles. The Hall–Kier alpha value is -0.580. The molecule has 0 saturated carbocycles. The van der Waals surface area contributed by atoms with Gasteiger partial charge in [0.1, 0.15) is 0 Å². The molecule has 0 fully saturated rings. The Morgan fingerprint density at radius 3 is 1.06 bits per heavy atom. The van der Waals surface area contributed by atoms with Crippen LogP contribution >= 0.6 is 32.7 Å². The molecule has 6 nitrogen and oxygen atoms in total. The van der Waals surface area contributed by atoms with Gasteiger partial charge in [-0.3, -0.25) is 14.4 Å². The predicted molar refractivity (Wildman–Crippen MR) is 72.8 cm³/mol. The van der Waals surface area contributed by atoms with Crippen molar-refractivity contribution in [2.45, 2.75) is 19.3 Å². The third kappa shape index (κ3) is 15.4. The largest absolute Gasteiger partial charge is 0.481 e. The van der Waals surface area contributed by atoms with Gasteiger partial charge in [0, 0.05) is 19.3 Å². The average molecular weight is 323 g/mol. The van der Waals surface area contributed by atoms with Crippen LogP contribution in [0.5, 0.6) is 0 Å². The topological polar surface area (TPSA) is 112 Å². The van der Waals surface area contributed by atoms with Gasteiger partial charge in [-0.1, -0.05) is 0 Å². The molecule has 0 saturated heterocycles. The number of hydrogen-bond acceptors (Lipinski definition) is 3. The zero-order chi connectivity index (χ0) is 12.6. The molecule has 0 rings (SSSR count). The highest BCUT2D eigenvalue weighted by Gasteiger charge is 2.13. The van der Waals surface area contributed by atoms with Crippen molar-refractivity contribution in [3.63, 3.8) is 0 Å². The molecular formula is C9H17Cl2O6P. The molecular weight excluding hydrogens is 306 g/mol. The van der Waals surface area contributed by atoms with Crippen LogP contribution in [0.1, 0.15) is 19.3 Å². The van der Waals surface area contributed by atoms with Crippen molar-refractivity contribution < 1.29 is 29.7 Å². The molecule has 0 aliphatic heterocycles. The van der Waals surface area contributed by atoms with Crippen LogP contribution in [-0.2, 0) is 14.4 Å². The highest BCUT2D eigenvalue weighted by Crippen LogP contribution is 2.37. The summed E-state index contributed by atoms with van der Waals surface area (Å²) in [5.41, 5.74) is 0. The highest BCUT2D eigenvalue weighted by atomic mass is 35.5. The fourth-order valence-corrected chi connectivity index (χ4v) is 3.29. The number of aliphatic carboxylic acids is 3. The Balaban J connectivity index is -0.00000112. The van der Waals surface area contributed by atoms with Gasteiger partial charge in [-0.25, -0.2) is 0 Å². The van der Waals surface area contributed by atoms with E-state index in [1.54, 1.807) is 0 Å². The number of halogens is 2. The second-order valence-corrected chi connectivity index (χ2v) is 5.96. The standard InChI is InChI=1S/C9H15O6P.2ClH/c10-7(11)1-4-16(5-2-8(12)13)6-3-9(14)15;;/h1-6H2,(H,10,11)(H,12,13)(H,14,15);2*1H. The van der Waals surface area contributed by atoms with Crippen molar-refractivity contribution in [2.24, 2.45) is 0 Å². The van der Waals surface area contributed by atoms with Crippen molar-refractivity contribution in [1.82, 2.24) is 0 Å². The number of carboxylic acid groups (broad SMARTS) is 3. The van der Waals surface area contributed by atoms with Crippen LogP contribution in [-0.4, -0.2) is 51.7 Å². The molecule has 108 valence electrons. The van der Waals surface area contributed by atoms with Crippen LogP contribution < -0.4 is 0 Å². The van der Waals surface area contributed by atoms with E-state index in [2.05, 4.69) is 0 Å². The average Bonchev–Trinajstić information content (AvgIpc) is 2.15. The van der Waals surface area contributed by atoms with Crippen LogP contribution in [0.3, 0.4) is 0 Å². The lowest BCUT2D eigenvalue weighted by Crippen LogP contribution is -2.07. The monoisotopic (exact) mass is 322 g/mol. The van der Waals surface area contributed by atoms with Crippen LogP contribution in [0.25, 0.3) is 0 Å². The summed E-state index contributed by atoms with van der Waals surface area (Å²) < 4.78 is 0. The van der Waals surface area contributed by atoms with Crippen molar-refractivity contribution in [3.05, 3.63) is 0 Å². The molecule has 0 heterocycles. The fourth-order valence-electron chi connectivity index (χ4n) is 1.10. The second-order valence-electron chi connectivity index (χ2n) is 3.27. The van der Waals surface area contributed by atoms with Gasteiger partial charge in [-0.05, 0) is 18.5 Å². The first-order valence-corrected chi connectivity index (χ1v) is 6.69. The second kappa shape index (κ2) is 12.9. The molecule has 0 radical (unpaired) electrons. The first-order chi connectivity index (χ1) is 7.41. The van der Waals surface area contributed by atoms with E-state index < -0.39 is 25.8 Å². The van der Waals surface area contributed by atoms with Gasteiger partial charge in [0.25, 0.3) is 0 Å². The summed E-state index contributed by atoms with van der Waals surface area (Å²) in [6.07, 6.45) is 1.11. The molecule has 0 spiro atoms. The van der Waals surface area contributed by atoms with Crippen molar-refractivity contribution in [3.8, 4) is 0 Å². The van der Waals surface area contributed by atoms with E-state index in [-0.39, 0.29) is 44.1 Å². The van der Waals surface area contributed by atoms with Crippen molar-refractivity contribution >= 4 is 50.6 Å². The van der Waals surface area contributed by atoms with Gasteiger partial charge in [0.2, 0.25) is 0 Å². The van der Waals surface area contributed by atoms with E-state index in [1.165, 1.54) is 0 Å². The maximum atomic E-state index is 10.4. The minimum absolute atomic E-state index is 0. The first-order valence-electron chi connectivity index (χ1n) is 4.79. The Kier molecular flexibility index (Phi) is 16.1. The molecule has 0 aromatic carbocycles. The smallest absolute Gasteiger partial charge is 0.303 e. The Morgan fingerprint density at radius 2 is 0.889 bits per heavy atom. The number of carbonyl (C=O) groups is 3. The fraction of sp³-hybridized carbons (Fsp3) is 0.667. The molecule has 0 atom stereocenters. The van der Waals surface area contributed by atoms with E-state index in [1.807, 2.05) is 0 Å². The van der Waals surface area contributed by atoms with Gasteiger partial charge in [0.15, 0.2) is 0 Å². The summed E-state index contributed by atoms with van der Waals surface area (Å²) in [6.45, 7) is 0. The molecule has 0 aliphatic rings. The van der Waals surface area contributed by atoms with E-state index in [4.69, 9.17) is 15.3 Å². The van der Waals surface area contributed by atoms with Crippen LogP contribution in [0.4, 0.5) is 0 Å². The van der Waals surface area contributed by atoms with Gasteiger partial charge >= 0.3 is 17.9 Å². The molecule has 9 heteroatoms. The lowest BCUT2D eigenvalue weighted by molar-refractivity contribution is -0.137. The van der Waals surface area contributed by atoms with Crippen LogP contribution in [0.15, 0.2) is 0 Å². The van der Waals surface area contributed by atoms with Gasteiger partial charge in [-0.2, -0.15) is 0 Å². The van der Waals surface area contributed by atoms with Crippen molar-refractivity contribution in [2.75, 3.05) is 18.5 Å². The minimum Gasteiger partial charge on any atom is -0.481 e. The van der Waals surface area contributed by atoms with E-state index in [0.717, 1.165) is 0 Å². The van der Waals surface area contributed by atoms with E-state index in [0.29, 0.717) is 18.5 Å². The number of rotatable bonds is 9. The molecule has 0 amide bonds. The van der Waals surface area contributed by atoms with Gasteiger partial charge < -0.3 is 15.3 Å². The SMILES string of the molecule is Cl.Cl.O=C(O)CCP(CCC(=O)O)CCC(=O)O. The van der Waals surface area contributed by atoms with Crippen LogP contribution in [0.2, 0.25) is 0 Å². The normalized spacial score (nSPS) is 9.17. The summed E-state index contributed by atoms with van der Waals surface area (Å²) in [5.74, 6) is -2.80. The third-order valence-electron chi connectivity index (χ3n) is 1.93. The zero-order valence-corrected chi connectivity index (χ0v) is 12.1. The third-order valence-corrected chi connectivity index (χ3v) is 4.49. The molecule has 0 bridgehead atoms. The van der Waals surface area contributed by atoms with Crippen molar-refractivity contribution in [1.29, 1.82) is 0 Å². The number of hydrogen-bond donors (Lipinski definition) is 3. The Labute approximate surface area is 118 Å². The lowest BCUT2D eigenvalue weighted by Gasteiger charge is -2.14. The maximum absolute atomic E-state index is 10.4. The summed E-state index contributed by atoms with van der Waals surface area (Å²) in [4.78, 5) is 31.1. The molecule has 0 aromatic rings. The molecule has 0 aliphatic carbocycles. The number of carboxylic acids is 3. The Bertz CT molecular complexity index is 231. The molecule has 0 unspecified atom stereocenters. The highest BCUT2D eigenvalue weighted by molar-refractivity contribution is 7.57. The van der Waals surface area contributed by atoms with E-state index in [9.17, 15) is 14.4 Å². The summed E-state index contributed by atoms with van der Waals surface area (Å²) in [7, 11) is -0.801. The summed E-state index contributed by atoms with van der Waals surface area (Å²) >= 11 is 0. The minimum atomic E-state index is -0.932. The lowest BCUT2D eigenvalue weighted by atomic mass is 10.5. The van der Waals surface area contributed by atoms with Gasteiger partial charge in [0.05, 0.1) is 0 Å². The molecule has 3 N–H and O–H groups in total. The maximum Gasteiger partial charge on any atom is 0.303 e. The predicted octanol–water partition coefficient (Wildman–Crippen LogP) is 1.74. The van der Waals surface area contributed by atoms with Crippen LogP contribution in [0, 0.1) is 0 Å². The molecule has 18 heavy (non-hydrogen) atoms. The van der Waals surface area contributed by atoms with E-state index >= 15 is 0 Å². The van der Waals surface area contributed by atoms with Gasteiger partial charge in [-0.15, -0.1) is 32.7 Å². The zero-order valence-electron chi connectivity index (χ0n) is 9.57. The summed E-state index contributed by atoms with van der Waals surface area (Å²) in [6, 6.07) is 0.